The van der Waals surface area contributed by atoms with Crippen LogP contribution in [-0.2, 0) is 12.0 Å². The quantitative estimate of drug-likeness (QED) is 0.291. The van der Waals surface area contributed by atoms with Crippen LogP contribution in [0.25, 0.3) is 0 Å². The van der Waals surface area contributed by atoms with E-state index in [1.54, 1.807) is 44.2 Å². The molecule has 1 atom stereocenters. The molecule has 0 spiro atoms. The number of amides is 2. The van der Waals surface area contributed by atoms with Gasteiger partial charge in [0.25, 0.3) is 0 Å². The van der Waals surface area contributed by atoms with Crippen molar-refractivity contribution >= 4 is 17.6 Å². The van der Waals surface area contributed by atoms with E-state index in [1.165, 1.54) is 23.2 Å². The van der Waals surface area contributed by atoms with Gasteiger partial charge in [0.05, 0.1) is 17.3 Å². The number of carbonyl (C=O) groups is 1. The molecule has 0 aliphatic carbocycles. The first-order valence-corrected chi connectivity index (χ1v) is 12.2. The molecule has 2 amide bonds. The van der Waals surface area contributed by atoms with Crippen molar-refractivity contribution in [2.75, 3.05) is 13.2 Å². The molecule has 0 fully saturated rings. The molecule has 38 heavy (non-hydrogen) atoms. The summed E-state index contributed by atoms with van der Waals surface area (Å²) in [5, 5.41) is 12.8. The summed E-state index contributed by atoms with van der Waals surface area (Å²) in [5.74, 6) is -0.524. The topological polar surface area (TPSA) is 74.7 Å². The second-order valence-electron chi connectivity index (χ2n) is 8.86. The van der Waals surface area contributed by atoms with Crippen LogP contribution in [0, 0.1) is 0 Å². The number of alkyl halides is 4. The van der Waals surface area contributed by atoms with Gasteiger partial charge in [-0.2, -0.15) is 17.6 Å². The largest absolute Gasteiger partial charge is 0.461 e. The van der Waals surface area contributed by atoms with Crippen LogP contribution in [-0.4, -0.2) is 52.7 Å². The Morgan fingerprint density at radius 1 is 1.11 bits per heavy atom. The maximum Gasteiger partial charge on any atom is 0.461 e. The molecule has 204 valence electrons. The van der Waals surface area contributed by atoms with Gasteiger partial charge in [-0.1, -0.05) is 54.1 Å². The third-order valence-corrected chi connectivity index (χ3v) is 6.08. The Balaban J connectivity index is 2.23. The molecule has 1 aromatic heterocycles. The van der Waals surface area contributed by atoms with Gasteiger partial charge in [0.2, 0.25) is 0 Å². The number of nitrogens with zero attached hydrogens (tertiary/aromatic N) is 2. The zero-order chi connectivity index (χ0) is 27.9. The number of hydrogen-bond donors (Lipinski definition) is 2. The summed E-state index contributed by atoms with van der Waals surface area (Å²) < 4.78 is 57.6. The zero-order valence-electron chi connectivity index (χ0n) is 20.8. The predicted molar refractivity (Wildman–Crippen MR) is 136 cm³/mol. The summed E-state index contributed by atoms with van der Waals surface area (Å²) in [4.78, 5) is 19.4. The average Bonchev–Trinajstić information content (AvgIpc) is 2.87. The summed E-state index contributed by atoms with van der Waals surface area (Å²) in [6.45, 7) is 3.29. The number of hydrogen-bond acceptors (Lipinski definition) is 4. The maximum absolute atomic E-state index is 13.8. The Bertz CT molecular complexity index is 1200. The van der Waals surface area contributed by atoms with Crippen molar-refractivity contribution in [1.82, 2.24) is 15.2 Å². The van der Waals surface area contributed by atoms with E-state index in [0.717, 1.165) is 11.6 Å². The third kappa shape index (κ3) is 6.93. The Hall–Kier alpha value is -3.37. The lowest BCUT2D eigenvalue weighted by Crippen LogP contribution is -2.55. The summed E-state index contributed by atoms with van der Waals surface area (Å²) in [5.41, 5.74) is -0.165. The fraction of sp³-hybridized carbons (Fsp3) is 0.333. The molecule has 0 saturated heterocycles. The highest BCUT2D eigenvalue weighted by molar-refractivity contribution is 6.30. The third-order valence-electron chi connectivity index (χ3n) is 5.86. The molecule has 0 aliphatic rings. The summed E-state index contributed by atoms with van der Waals surface area (Å²) in [6.07, 6.45) is -7.29. The molecule has 3 aromatic rings. The van der Waals surface area contributed by atoms with Crippen LogP contribution >= 0.6 is 11.6 Å². The zero-order valence-corrected chi connectivity index (χ0v) is 21.5. The molecule has 1 heterocycles. The fourth-order valence-corrected chi connectivity index (χ4v) is 4.15. The number of pyridine rings is 1. The Labute approximate surface area is 223 Å². The van der Waals surface area contributed by atoms with E-state index in [9.17, 15) is 27.5 Å². The molecule has 0 saturated carbocycles. The first-order chi connectivity index (χ1) is 18.0. The van der Waals surface area contributed by atoms with Crippen molar-refractivity contribution in [3.8, 4) is 5.75 Å². The van der Waals surface area contributed by atoms with Crippen molar-refractivity contribution in [2.24, 2.45) is 0 Å². The second-order valence-corrected chi connectivity index (χ2v) is 9.30. The summed E-state index contributed by atoms with van der Waals surface area (Å²) in [7, 11) is 0. The van der Waals surface area contributed by atoms with Crippen molar-refractivity contribution in [1.29, 1.82) is 0 Å². The van der Waals surface area contributed by atoms with Crippen LogP contribution in [0.4, 0.5) is 22.4 Å². The Kier molecular flexibility index (Phi) is 9.56. The molecule has 2 N–H and O–H groups in total. The maximum atomic E-state index is 13.8. The number of aliphatic hydroxyl groups excluding tert-OH is 1. The van der Waals surface area contributed by atoms with Gasteiger partial charge in [0, 0.05) is 25.2 Å². The number of benzene rings is 2. The van der Waals surface area contributed by atoms with Crippen molar-refractivity contribution in [3.63, 3.8) is 0 Å². The van der Waals surface area contributed by atoms with Gasteiger partial charge in [-0.05, 0) is 49.2 Å². The number of aliphatic hydroxyl groups is 1. The van der Waals surface area contributed by atoms with Crippen molar-refractivity contribution < 1.29 is 32.2 Å². The van der Waals surface area contributed by atoms with Gasteiger partial charge in [-0.15, -0.1) is 0 Å². The number of urea groups is 1. The van der Waals surface area contributed by atoms with E-state index < -0.39 is 29.9 Å². The van der Waals surface area contributed by atoms with Gasteiger partial charge in [0.15, 0.2) is 0 Å². The number of nitrogens with one attached hydrogen (secondary N) is 1. The SMILES string of the molecule is CC(C)N(CCO)C(=O)N[C@@](Cc1ccccc1)(c1cccc(OC(F)(F)C(F)F)c1)c1ccc(Cl)cn1. The minimum Gasteiger partial charge on any atom is -0.428 e. The van der Waals surface area contributed by atoms with Crippen LogP contribution < -0.4 is 10.1 Å². The molecule has 0 radical (unpaired) electrons. The molecule has 3 rings (SSSR count). The first kappa shape index (κ1) is 29.2. The summed E-state index contributed by atoms with van der Waals surface area (Å²) >= 11 is 6.07. The van der Waals surface area contributed by atoms with Crippen LogP contribution in [0.15, 0.2) is 72.9 Å². The van der Waals surface area contributed by atoms with Gasteiger partial charge < -0.3 is 20.1 Å². The number of rotatable bonds is 11. The molecule has 6 nitrogen and oxygen atoms in total. The van der Waals surface area contributed by atoms with Crippen LogP contribution in [0.1, 0.15) is 30.7 Å². The number of halogens is 5. The molecule has 2 aromatic carbocycles. The highest BCUT2D eigenvalue weighted by Crippen LogP contribution is 2.36. The fourth-order valence-electron chi connectivity index (χ4n) is 4.03. The lowest BCUT2D eigenvalue weighted by Gasteiger charge is -2.38. The number of carbonyl (C=O) groups excluding carboxylic acids is 1. The number of ether oxygens (including phenoxy) is 1. The molecule has 0 unspecified atom stereocenters. The standard InChI is InChI=1S/C27H28ClF4N3O3/c1-18(2)35(13-14-36)25(37)34-26(16-19-7-4-3-5-8-19,23-12-11-21(28)17-33-23)20-9-6-10-22(15-20)38-27(31,32)24(29)30/h3-12,15,17-18,24,36H,13-14,16H2,1-2H3,(H,34,37)/t26-/m0/s1. The Morgan fingerprint density at radius 3 is 2.39 bits per heavy atom. The lowest BCUT2D eigenvalue weighted by atomic mass is 9.80. The highest BCUT2D eigenvalue weighted by atomic mass is 35.5. The molecular weight excluding hydrogens is 526 g/mol. The number of aromatic nitrogens is 1. The van der Waals surface area contributed by atoms with Gasteiger partial charge in [-0.25, -0.2) is 4.79 Å². The van der Waals surface area contributed by atoms with Gasteiger partial charge in [-0.3, -0.25) is 4.98 Å². The lowest BCUT2D eigenvalue weighted by molar-refractivity contribution is -0.253. The molecular formula is C27H28ClF4N3O3. The van der Waals surface area contributed by atoms with E-state index in [0.29, 0.717) is 10.7 Å². The normalized spacial score (nSPS) is 13.3. The average molecular weight is 554 g/mol. The van der Waals surface area contributed by atoms with E-state index in [2.05, 4.69) is 15.0 Å². The Morgan fingerprint density at radius 2 is 1.82 bits per heavy atom. The van der Waals surface area contributed by atoms with E-state index in [1.807, 2.05) is 18.2 Å². The minimum absolute atomic E-state index is 0.0305. The van der Waals surface area contributed by atoms with E-state index in [4.69, 9.17) is 11.6 Å². The molecule has 0 aliphatic heterocycles. The minimum atomic E-state index is -4.72. The van der Waals surface area contributed by atoms with Crippen LogP contribution in [0.2, 0.25) is 5.02 Å². The van der Waals surface area contributed by atoms with E-state index in [-0.39, 0.29) is 31.2 Å². The first-order valence-electron chi connectivity index (χ1n) is 11.8. The molecule has 0 bridgehead atoms. The second kappa shape index (κ2) is 12.4. The van der Waals surface area contributed by atoms with Crippen LogP contribution in [0.3, 0.4) is 0 Å². The van der Waals surface area contributed by atoms with Crippen molar-refractivity contribution in [2.45, 2.75) is 44.4 Å². The van der Waals surface area contributed by atoms with Crippen LogP contribution in [0.5, 0.6) is 5.75 Å². The van der Waals surface area contributed by atoms with E-state index >= 15 is 0 Å². The van der Waals surface area contributed by atoms with Crippen molar-refractivity contribution in [3.05, 3.63) is 94.8 Å². The summed E-state index contributed by atoms with van der Waals surface area (Å²) in [6, 6.07) is 16.5. The highest BCUT2D eigenvalue weighted by Gasteiger charge is 2.45. The molecule has 11 heteroatoms. The van der Waals surface area contributed by atoms with Gasteiger partial charge >= 0.3 is 18.6 Å². The smallest absolute Gasteiger partial charge is 0.428 e. The monoisotopic (exact) mass is 553 g/mol. The predicted octanol–water partition coefficient (Wildman–Crippen LogP) is 5.87. The van der Waals surface area contributed by atoms with Gasteiger partial charge in [0.1, 0.15) is 11.3 Å².